The normalized spacial score (nSPS) is 25.2. The largest absolute Gasteiger partial charge is 0.330 e. The predicted octanol–water partition coefficient (Wildman–Crippen LogP) is 1.64. The Kier molecular flexibility index (Phi) is 3.91. The van der Waals surface area contributed by atoms with Crippen LogP contribution in [0.5, 0.6) is 0 Å². The number of pyridine rings is 1. The lowest BCUT2D eigenvalue weighted by atomic mass is 10.0. The Hall–Kier alpha value is -0.930. The van der Waals surface area contributed by atoms with Gasteiger partial charge in [-0.3, -0.25) is 9.88 Å². The first-order valence-electron chi connectivity index (χ1n) is 6.11. The van der Waals surface area contributed by atoms with Crippen LogP contribution >= 0.6 is 0 Å². The van der Waals surface area contributed by atoms with Crippen molar-refractivity contribution in [2.45, 2.75) is 31.8 Å². The lowest BCUT2D eigenvalue weighted by Gasteiger charge is -2.28. The van der Waals surface area contributed by atoms with Gasteiger partial charge in [-0.2, -0.15) is 0 Å². The number of nitrogens with zero attached hydrogens (tertiary/aromatic N) is 2. The van der Waals surface area contributed by atoms with Crippen molar-refractivity contribution in [2.75, 3.05) is 13.6 Å². The Morgan fingerprint density at radius 3 is 3.00 bits per heavy atom. The Labute approximate surface area is 97.7 Å². The van der Waals surface area contributed by atoms with Crippen LogP contribution < -0.4 is 5.73 Å². The average Bonchev–Trinajstić information content (AvgIpc) is 2.78. The molecule has 1 heterocycles. The highest BCUT2D eigenvalue weighted by Gasteiger charge is 2.29. The van der Waals surface area contributed by atoms with E-state index in [1.54, 1.807) is 0 Å². The van der Waals surface area contributed by atoms with E-state index in [0.29, 0.717) is 12.0 Å². The molecule has 1 saturated carbocycles. The van der Waals surface area contributed by atoms with Crippen molar-refractivity contribution in [3.05, 3.63) is 30.1 Å². The van der Waals surface area contributed by atoms with E-state index in [0.717, 1.165) is 18.8 Å². The third-order valence-corrected chi connectivity index (χ3v) is 3.63. The summed E-state index contributed by atoms with van der Waals surface area (Å²) in [6, 6.07) is 6.74. The van der Waals surface area contributed by atoms with Crippen molar-refractivity contribution in [2.24, 2.45) is 11.7 Å². The van der Waals surface area contributed by atoms with E-state index >= 15 is 0 Å². The summed E-state index contributed by atoms with van der Waals surface area (Å²) in [5.41, 5.74) is 6.96. The van der Waals surface area contributed by atoms with Crippen LogP contribution in [0.1, 0.15) is 25.0 Å². The average molecular weight is 219 g/mol. The van der Waals surface area contributed by atoms with E-state index < -0.39 is 0 Å². The molecule has 0 amide bonds. The quantitative estimate of drug-likeness (QED) is 0.837. The molecule has 0 radical (unpaired) electrons. The summed E-state index contributed by atoms with van der Waals surface area (Å²) in [6.45, 7) is 1.75. The summed E-state index contributed by atoms with van der Waals surface area (Å²) in [5.74, 6) is 0.675. The molecule has 2 N–H and O–H groups in total. The summed E-state index contributed by atoms with van der Waals surface area (Å²) >= 11 is 0. The summed E-state index contributed by atoms with van der Waals surface area (Å²) in [5, 5.41) is 0. The third-order valence-electron chi connectivity index (χ3n) is 3.63. The van der Waals surface area contributed by atoms with Gasteiger partial charge < -0.3 is 5.73 Å². The van der Waals surface area contributed by atoms with Gasteiger partial charge in [0.05, 0.1) is 5.69 Å². The maximum atomic E-state index is 5.81. The van der Waals surface area contributed by atoms with Crippen LogP contribution in [0, 0.1) is 5.92 Å². The van der Waals surface area contributed by atoms with E-state index in [-0.39, 0.29) is 0 Å². The van der Waals surface area contributed by atoms with E-state index in [2.05, 4.69) is 23.0 Å². The molecule has 2 atom stereocenters. The fourth-order valence-corrected chi connectivity index (χ4v) is 2.74. The lowest BCUT2D eigenvalue weighted by molar-refractivity contribution is 0.191. The van der Waals surface area contributed by atoms with Gasteiger partial charge in [-0.25, -0.2) is 0 Å². The first kappa shape index (κ1) is 11.6. The van der Waals surface area contributed by atoms with Gasteiger partial charge in [-0.15, -0.1) is 0 Å². The third kappa shape index (κ3) is 2.60. The van der Waals surface area contributed by atoms with Gasteiger partial charge in [0.25, 0.3) is 0 Å². The van der Waals surface area contributed by atoms with Crippen molar-refractivity contribution >= 4 is 0 Å². The SMILES string of the molecule is CN(Cc1ccccn1)C1CCCC1CN. The molecule has 2 rings (SSSR count). The molecule has 1 aromatic rings. The van der Waals surface area contributed by atoms with Crippen LogP contribution in [0.25, 0.3) is 0 Å². The molecule has 2 unspecified atom stereocenters. The minimum atomic E-state index is 0.645. The fraction of sp³-hybridized carbons (Fsp3) is 0.615. The smallest absolute Gasteiger partial charge is 0.0543 e. The molecule has 16 heavy (non-hydrogen) atoms. The van der Waals surface area contributed by atoms with Crippen LogP contribution in [0.4, 0.5) is 0 Å². The van der Waals surface area contributed by atoms with Gasteiger partial charge in [0, 0.05) is 18.8 Å². The first-order chi connectivity index (χ1) is 7.81. The number of hydrogen-bond acceptors (Lipinski definition) is 3. The topological polar surface area (TPSA) is 42.2 Å². The maximum Gasteiger partial charge on any atom is 0.0543 e. The van der Waals surface area contributed by atoms with Crippen molar-refractivity contribution < 1.29 is 0 Å². The summed E-state index contributed by atoms with van der Waals surface area (Å²) in [6.07, 6.45) is 5.75. The molecule has 1 aromatic heterocycles. The molecule has 3 nitrogen and oxygen atoms in total. The molecule has 3 heteroatoms. The maximum absolute atomic E-state index is 5.81. The second-order valence-corrected chi connectivity index (χ2v) is 4.73. The monoisotopic (exact) mass is 219 g/mol. The summed E-state index contributed by atoms with van der Waals surface area (Å²) in [7, 11) is 2.19. The van der Waals surface area contributed by atoms with E-state index in [1.807, 2.05) is 18.3 Å². The number of nitrogens with two attached hydrogens (primary N) is 1. The molecule has 0 bridgehead atoms. The Balaban J connectivity index is 1.95. The highest BCUT2D eigenvalue weighted by molar-refractivity contribution is 5.03. The standard InChI is InChI=1S/C13H21N3/c1-16(10-12-6-2-3-8-15-12)13-7-4-5-11(13)9-14/h2-3,6,8,11,13H,4-5,7,9-10,14H2,1H3. The first-order valence-corrected chi connectivity index (χ1v) is 6.11. The highest BCUT2D eigenvalue weighted by Crippen LogP contribution is 2.29. The van der Waals surface area contributed by atoms with Gasteiger partial charge in [0.15, 0.2) is 0 Å². The Morgan fingerprint density at radius 2 is 2.31 bits per heavy atom. The number of aromatic nitrogens is 1. The van der Waals surface area contributed by atoms with E-state index in [1.165, 1.54) is 19.3 Å². The second kappa shape index (κ2) is 5.41. The number of rotatable bonds is 4. The fourth-order valence-electron chi connectivity index (χ4n) is 2.74. The predicted molar refractivity (Wildman–Crippen MR) is 65.9 cm³/mol. The minimum absolute atomic E-state index is 0.645. The van der Waals surface area contributed by atoms with Gasteiger partial charge in [0.2, 0.25) is 0 Å². The van der Waals surface area contributed by atoms with Gasteiger partial charge in [-0.1, -0.05) is 12.5 Å². The molecule has 1 fully saturated rings. The molecule has 0 aliphatic heterocycles. The molecular weight excluding hydrogens is 198 g/mol. The molecule has 0 spiro atoms. The van der Waals surface area contributed by atoms with Crippen LogP contribution in [-0.2, 0) is 6.54 Å². The summed E-state index contributed by atoms with van der Waals surface area (Å²) in [4.78, 5) is 6.78. The minimum Gasteiger partial charge on any atom is -0.330 e. The molecule has 0 aromatic carbocycles. The van der Waals surface area contributed by atoms with Crippen molar-refractivity contribution in [3.63, 3.8) is 0 Å². The van der Waals surface area contributed by atoms with Crippen LogP contribution in [0.2, 0.25) is 0 Å². The zero-order chi connectivity index (χ0) is 11.4. The Bertz CT molecular complexity index is 312. The molecule has 1 aliphatic carbocycles. The van der Waals surface area contributed by atoms with Gasteiger partial charge in [-0.05, 0) is 44.5 Å². The molecule has 1 aliphatic rings. The molecule has 0 saturated heterocycles. The summed E-state index contributed by atoms with van der Waals surface area (Å²) < 4.78 is 0. The van der Waals surface area contributed by atoms with Crippen LogP contribution in [0.15, 0.2) is 24.4 Å². The second-order valence-electron chi connectivity index (χ2n) is 4.73. The van der Waals surface area contributed by atoms with Crippen molar-refractivity contribution in [3.8, 4) is 0 Å². The number of hydrogen-bond donors (Lipinski definition) is 1. The molecule has 88 valence electrons. The zero-order valence-corrected chi connectivity index (χ0v) is 9.97. The van der Waals surface area contributed by atoms with Crippen molar-refractivity contribution in [1.82, 2.24) is 9.88 Å². The van der Waals surface area contributed by atoms with Gasteiger partial charge in [0.1, 0.15) is 0 Å². The zero-order valence-electron chi connectivity index (χ0n) is 9.97. The van der Waals surface area contributed by atoms with E-state index in [9.17, 15) is 0 Å². The van der Waals surface area contributed by atoms with Crippen LogP contribution in [-0.4, -0.2) is 29.5 Å². The van der Waals surface area contributed by atoms with Crippen molar-refractivity contribution in [1.29, 1.82) is 0 Å². The van der Waals surface area contributed by atoms with E-state index in [4.69, 9.17) is 5.73 Å². The van der Waals surface area contributed by atoms with Gasteiger partial charge >= 0.3 is 0 Å². The van der Waals surface area contributed by atoms with Crippen LogP contribution in [0.3, 0.4) is 0 Å². The highest BCUT2D eigenvalue weighted by atomic mass is 15.1. The molecular formula is C13H21N3. The lowest BCUT2D eigenvalue weighted by Crippen LogP contribution is -2.37. The Morgan fingerprint density at radius 1 is 1.44 bits per heavy atom.